The topological polar surface area (TPSA) is 143 Å². The number of hydrogen-bond acceptors (Lipinski definition) is 9. The van der Waals surface area contributed by atoms with Gasteiger partial charge in [-0.2, -0.15) is 17.7 Å². The number of rotatable bonds is 6. The summed E-state index contributed by atoms with van der Waals surface area (Å²) in [6.07, 6.45) is 7.01. The molecule has 38 heavy (non-hydrogen) atoms. The highest BCUT2D eigenvalue weighted by molar-refractivity contribution is 7.88. The molecule has 3 aliphatic rings. The maximum absolute atomic E-state index is 12.1. The zero-order chi connectivity index (χ0) is 26.3. The van der Waals surface area contributed by atoms with Crippen molar-refractivity contribution in [2.45, 2.75) is 56.8 Å². The van der Waals surface area contributed by atoms with Gasteiger partial charge in [0.1, 0.15) is 11.6 Å². The molecular formula is C25H31N7O5S. The minimum Gasteiger partial charge on any atom is -0.481 e. The number of H-pyrrole nitrogens is 1. The van der Waals surface area contributed by atoms with Crippen LogP contribution in [0.3, 0.4) is 0 Å². The summed E-state index contributed by atoms with van der Waals surface area (Å²) < 4.78 is 39.2. The van der Waals surface area contributed by atoms with Crippen LogP contribution in [0.1, 0.15) is 38.5 Å². The number of hydrogen-bond donors (Lipinski definition) is 2. The van der Waals surface area contributed by atoms with E-state index >= 15 is 0 Å². The van der Waals surface area contributed by atoms with Gasteiger partial charge >= 0.3 is 10.2 Å². The van der Waals surface area contributed by atoms with E-state index in [-0.39, 0.29) is 24.8 Å². The summed E-state index contributed by atoms with van der Waals surface area (Å²) in [4.78, 5) is 30.7. The minimum absolute atomic E-state index is 0.0727. The van der Waals surface area contributed by atoms with E-state index < -0.39 is 16.1 Å². The van der Waals surface area contributed by atoms with Crippen molar-refractivity contribution in [3.8, 4) is 17.3 Å². The number of imidazole rings is 1. The number of amides is 1. The first-order valence-corrected chi connectivity index (χ1v) is 14.4. The number of fused-ring (bicyclic) bond motifs is 1. The molecule has 1 amide bonds. The van der Waals surface area contributed by atoms with E-state index in [1.165, 1.54) is 4.31 Å². The quantitative estimate of drug-likeness (QED) is 0.479. The van der Waals surface area contributed by atoms with E-state index in [2.05, 4.69) is 29.6 Å². The van der Waals surface area contributed by atoms with Crippen LogP contribution in [0, 0.1) is 0 Å². The SMILES string of the molecule is COc1ccc2[nH]c(-c3ccc(N4CCC(OC5CCC(N6CC(=O)NS6(=O)=O)CC5)CC4)nc3)nc2n1. The normalized spacial score (nSPS) is 24.6. The summed E-state index contributed by atoms with van der Waals surface area (Å²) in [5.74, 6) is 1.72. The molecule has 0 unspecified atom stereocenters. The molecule has 12 nitrogen and oxygen atoms in total. The summed E-state index contributed by atoms with van der Waals surface area (Å²) in [7, 11) is -2.09. The Labute approximate surface area is 220 Å². The molecule has 0 bridgehead atoms. The Hall–Kier alpha value is -3.29. The van der Waals surface area contributed by atoms with E-state index in [0.717, 1.165) is 55.7 Å². The molecule has 3 fully saturated rings. The third kappa shape index (κ3) is 5.05. The fraction of sp³-hybridized carbons (Fsp3) is 0.520. The van der Waals surface area contributed by atoms with Crippen LogP contribution >= 0.6 is 0 Å². The van der Waals surface area contributed by atoms with Crippen LogP contribution in [-0.4, -0.2) is 83.6 Å². The molecule has 3 aromatic rings. The lowest BCUT2D eigenvalue weighted by molar-refractivity contribution is -0.118. The van der Waals surface area contributed by atoms with Crippen molar-refractivity contribution in [2.24, 2.45) is 0 Å². The molecule has 3 aromatic heterocycles. The second-order valence-corrected chi connectivity index (χ2v) is 11.7. The Morgan fingerprint density at radius 1 is 0.974 bits per heavy atom. The van der Waals surface area contributed by atoms with E-state index in [4.69, 9.17) is 9.47 Å². The number of piperidine rings is 1. The van der Waals surface area contributed by atoms with Crippen LogP contribution < -0.4 is 14.4 Å². The third-order valence-corrected chi connectivity index (χ3v) is 9.13. The molecule has 0 spiro atoms. The van der Waals surface area contributed by atoms with Crippen molar-refractivity contribution in [1.82, 2.24) is 29.0 Å². The third-order valence-electron chi connectivity index (χ3n) is 7.60. The number of carbonyl (C=O) groups is 1. The largest absolute Gasteiger partial charge is 0.481 e. The molecule has 2 aliphatic heterocycles. The van der Waals surface area contributed by atoms with Gasteiger partial charge in [0, 0.05) is 37.0 Å². The molecule has 5 heterocycles. The molecule has 202 valence electrons. The van der Waals surface area contributed by atoms with Crippen LogP contribution in [-0.2, 0) is 19.7 Å². The number of nitrogens with one attached hydrogen (secondary N) is 2. The van der Waals surface area contributed by atoms with Gasteiger partial charge < -0.3 is 19.4 Å². The number of ether oxygens (including phenoxy) is 2. The molecular weight excluding hydrogens is 510 g/mol. The first-order chi connectivity index (χ1) is 18.4. The first kappa shape index (κ1) is 25.0. The van der Waals surface area contributed by atoms with E-state index in [9.17, 15) is 13.2 Å². The predicted octanol–water partition coefficient (Wildman–Crippen LogP) is 2.00. The Bertz CT molecular complexity index is 1410. The van der Waals surface area contributed by atoms with Crippen molar-refractivity contribution >= 4 is 33.1 Å². The first-order valence-electron chi connectivity index (χ1n) is 13.0. The number of nitrogens with zero attached hydrogens (tertiary/aromatic N) is 5. The highest BCUT2D eigenvalue weighted by Crippen LogP contribution is 2.30. The Kier molecular flexibility index (Phi) is 6.66. The van der Waals surface area contributed by atoms with Gasteiger partial charge in [-0.15, -0.1) is 0 Å². The molecule has 13 heteroatoms. The van der Waals surface area contributed by atoms with Crippen molar-refractivity contribution in [2.75, 3.05) is 31.6 Å². The zero-order valence-electron chi connectivity index (χ0n) is 21.2. The standard InChI is InChI=1S/C25H31N7O5S/c1-36-23-9-7-20-25(28-23)29-24(27-20)16-2-8-21(26-14-16)31-12-10-19(11-13-31)37-18-5-3-17(4-6-18)32-15-22(33)30-38(32,34)35/h2,7-9,14,17-19H,3-6,10-13,15H2,1H3,(H,30,33)(H,27,28,29). The highest BCUT2D eigenvalue weighted by atomic mass is 32.2. The summed E-state index contributed by atoms with van der Waals surface area (Å²) in [6, 6.07) is 7.60. The van der Waals surface area contributed by atoms with Crippen LogP contribution in [0.4, 0.5) is 5.82 Å². The number of methoxy groups -OCH3 is 1. The van der Waals surface area contributed by atoms with Gasteiger partial charge in [0.15, 0.2) is 5.65 Å². The number of carbonyl (C=O) groups excluding carboxylic acids is 1. The minimum atomic E-state index is -3.67. The van der Waals surface area contributed by atoms with Gasteiger partial charge in [0.2, 0.25) is 11.8 Å². The molecule has 2 N–H and O–H groups in total. The van der Waals surface area contributed by atoms with Gasteiger partial charge in [-0.1, -0.05) is 0 Å². The second-order valence-electron chi connectivity index (χ2n) is 10.0. The van der Waals surface area contributed by atoms with Crippen molar-refractivity contribution in [1.29, 1.82) is 0 Å². The smallest absolute Gasteiger partial charge is 0.304 e. The lowest BCUT2D eigenvalue weighted by Crippen LogP contribution is -2.43. The van der Waals surface area contributed by atoms with Gasteiger partial charge in [-0.25, -0.2) is 14.7 Å². The molecule has 0 radical (unpaired) electrons. The summed E-state index contributed by atoms with van der Waals surface area (Å²) in [6.45, 7) is 1.65. The zero-order valence-corrected chi connectivity index (χ0v) is 22.0. The Balaban J connectivity index is 0.994. The predicted molar refractivity (Wildman–Crippen MR) is 140 cm³/mol. The lowest BCUT2D eigenvalue weighted by Gasteiger charge is -2.37. The fourth-order valence-corrected chi connectivity index (χ4v) is 6.95. The van der Waals surface area contributed by atoms with Crippen molar-refractivity contribution in [3.05, 3.63) is 30.5 Å². The van der Waals surface area contributed by atoms with E-state index in [1.54, 1.807) is 13.2 Å². The number of aromatic amines is 1. The highest BCUT2D eigenvalue weighted by Gasteiger charge is 2.40. The molecule has 2 saturated heterocycles. The Morgan fingerprint density at radius 2 is 1.74 bits per heavy atom. The van der Waals surface area contributed by atoms with Gasteiger partial charge in [0.05, 0.1) is 31.4 Å². The number of aromatic nitrogens is 4. The monoisotopic (exact) mass is 541 g/mol. The van der Waals surface area contributed by atoms with Crippen molar-refractivity contribution in [3.63, 3.8) is 0 Å². The number of anilines is 1. The van der Waals surface area contributed by atoms with Crippen LogP contribution in [0.15, 0.2) is 30.5 Å². The van der Waals surface area contributed by atoms with Crippen molar-refractivity contribution < 1.29 is 22.7 Å². The fourth-order valence-electron chi connectivity index (χ4n) is 5.59. The Morgan fingerprint density at radius 3 is 2.39 bits per heavy atom. The van der Waals surface area contributed by atoms with Crippen LogP contribution in [0.25, 0.3) is 22.6 Å². The van der Waals surface area contributed by atoms with Gasteiger partial charge in [-0.05, 0) is 56.7 Å². The summed E-state index contributed by atoms with van der Waals surface area (Å²) >= 11 is 0. The molecule has 0 atom stereocenters. The summed E-state index contributed by atoms with van der Waals surface area (Å²) in [5.41, 5.74) is 2.34. The maximum atomic E-state index is 12.1. The molecule has 1 saturated carbocycles. The molecule has 6 rings (SSSR count). The average molecular weight is 542 g/mol. The molecule has 1 aliphatic carbocycles. The average Bonchev–Trinajstić information content (AvgIpc) is 3.48. The van der Waals surface area contributed by atoms with E-state index in [0.29, 0.717) is 30.2 Å². The second kappa shape index (κ2) is 10.1. The lowest BCUT2D eigenvalue weighted by atomic mass is 9.92. The van der Waals surface area contributed by atoms with Gasteiger partial charge in [-0.3, -0.25) is 4.79 Å². The summed E-state index contributed by atoms with van der Waals surface area (Å²) in [5, 5.41) is 0. The number of pyridine rings is 2. The maximum Gasteiger partial charge on any atom is 0.304 e. The van der Waals surface area contributed by atoms with Crippen LogP contribution in [0.2, 0.25) is 0 Å². The van der Waals surface area contributed by atoms with E-state index in [1.807, 2.05) is 24.4 Å². The molecule has 0 aromatic carbocycles. The van der Waals surface area contributed by atoms with Crippen LogP contribution in [0.5, 0.6) is 5.88 Å². The van der Waals surface area contributed by atoms with Gasteiger partial charge in [0.25, 0.3) is 0 Å².